The van der Waals surface area contributed by atoms with Crippen LogP contribution in [-0.4, -0.2) is 24.1 Å². The number of piperidine rings is 1. The van der Waals surface area contributed by atoms with Crippen molar-refractivity contribution in [3.63, 3.8) is 0 Å². The highest BCUT2D eigenvalue weighted by molar-refractivity contribution is 5.72. The summed E-state index contributed by atoms with van der Waals surface area (Å²) in [6, 6.07) is 2.74. The summed E-state index contributed by atoms with van der Waals surface area (Å²) in [5.74, 6) is 2.08. The number of hydrogen-bond donors (Lipinski definition) is 1. The first-order chi connectivity index (χ1) is 8.29. The Morgan fingerprint density at radius 2 is 2.41 bits per heavy atom. The van der Waals surface area contributed by atoms with E-state index in [0.717, 1.165) is 12.5 Å². The topological polar surface area (TPSA) is 28.2 Å². The zero-order chi connectivity index (χ0) is 11.8. The average Bonchev–Trinajstić information content (AvgIpc) is 2.38. The van der Waals surface area contributed by atoms with Crippen LogP contribution in [0.2, 0.25) is 0 Å². The number of aryl methyl sites for hydroxylation is 1. The Morgan fingerprint density at radius 1 is 1.53 bits per heavy atom. The monoisotopic (exact) mass is 231 g/mol. The van der Waals surface area contributed by atoms with Gasteiger partial charge in [0, 0.05) is 25.3 Å². The highest BCUT2D eigenvalue weighted by atomic mass is 15.3. The van der Waals surface area contributed by atoms with Gasteiger partial charge in [0.2, 0.25) is 0 Å². The quantitative estimate of drug-likeness (QED) is 0.805. The Kier molecular flexibility index (Phi) is 2.69. The number of nitrogens with one attached hydrogen (secondary N) is 1. The maximum Gasteiger partial charge on any atom is 0.152 e. The first-order valence-corrected chi connectivity index (χ1v) is 6.75. The molecule has 3 heteroatoms. The maximum absolute atomic E-state index is 4.58. The number of aromatic nitrogens is 1. The molecule has 0 bridgehead atoms. The van der Waals surface area contributed by atoms with Crippen molar-refractivity contribution in [2.24, 2.45) is 5.92 Å². The second kappa shape index (κ2) is 4.21. The Hall–Kier alpha value is -1.25. The lowest BCUT2D eigenvalue weighted by molar-refractivity contribution is 0.334. The highest BCUT2D eigenvalue weighted by Gasteiger charge is 2.33. The lowest BCUT2D eigenvalue weighted by atomic mass is 9.87. The van der Waals surface area contributed by atoms with Crippen LogP contribution in [0.5, 0.6) is 0 Å². The Bertz CT molecular complexity index is 416. The van der Waals surface area contributed by atoms with E-state index in [0.29, 0.717) is 6.04 Å². The van der Waals surface area contributed by atoms with Crippen LogP contribution in [0, 0.1) is 12.8 Å². The van der Waals surface area contributed by atoms with Crippen molar-refractivity contribution in [3.8, 4) is 0 Å². The fourth-order valence-electron chi connectivity index (χ4n) is 3.18. The third-order valence-corrected chi connectivity index (χ3v) is 4.33. The zero-order valence-corrected chi connectivity index (χ0v) is 10.7. The van der Waals surface area contributed by atoms with Crippen LogP contribution in [0.3, 0.4) is 0 Å². The number of pyridine rings is 1. The van der Waals surface area contributed by atoms with Crippen molar-refractivity contribution in [2.45, 2.75) is 39.2 Å². The van der Waals surface area contributed by atoms with Gasteiger partial charge in [-0.05, 0) is 37.3 Å². The maximum atomic E-state index is 4.58. The average molecular weight is 231 g/mol. The zero-order valence-electron chi connectivity index (χ0n) is 10.7. The summed E-state index contributed by atoms with van der Waals surface area (Å²) >= 11 is 0. The van der Waals surface area contributed by atoms with Gasteiger partial charge in [0.25, 0.3) is 0 Å². The molecule has 0 saturated carbocycles. The molecule has 17 heavy (non-hydrogen) atoms. The van der Waals surface area contributed by atoms with Crippen LogP contribution in [0.4, 0.5) is 11.5 Å². The first-order valence-electron chi connectivity index (χ1n) is 6.75. The molecule has 1 aromatic rings. The number of rotatable bonds is 1. The molecule has 2 aliphatic rings. The Morgan fingerprint density at radius 3 is 3.24 bits per heavy atom. The SMILES string of the molecule is CCC1CCN2c3nccc(C)c3NCC2C1. The van der Waals surface area contributed by atoms with Crippen LogP contribution >= 0.6 is 0 Å². The molecule has 1 N–H and O–H groups in total. The van der Waals surface area contributed by atoms with Crippen LogP contribution < -0.4 is 10.2 Å². The van der Waals surface area contributed by atoms with Crippen molar-refractivity contribution < 1.29 is 0 Å². The lowest BCUT2D eigenvalue weighted by Gasteiger charge is -2.44. The largest absolute Gasteiger partial charge is 0.380 e. The minimum atomic E-state index is 0.649. The minimum absolute atomic E-state index is 0.649. The lowest BCUT2D eigenvalue weighted by Crippen LogP contribution is -2.49. The van der Waals surface area contributed by atoms with E-state index >= 15 is 0 Å². The van der Waals surface area contributed by atoms with E-state index in [2.05, 4.69) is 35.1 Å². The molecule has 0 aromatic carbocycles. The van der Waals surface area contributed by atoms with Gasteiger partial charge in [-0.2, -0.15) is 0 Å². The summed E-state index contributed by atoms with van der Waals surface area (Å²) in [6.45, 7) is 6.73. The summed E-state index contributed by atoms with van der Waals surface area (Å²) in [4.78, 5) is 7.10. The van der Waals surface area contributed by atoms with E-state index in [1.54, 1.807) is 0 Å². The molecule has 3 heterocycles. The third-order valence-electron chi connectivity index (χ3n) is 4.33. The van der Waals surface area contributed by atoms with Crippen LogP contribution in [0.1, 0.15) is 31.7 Å². The molecule has 2 atom stereocenters. The molecule has 3 rings (SSSR count). The Balaban J connectivity index is 1.90. The summed E-state index contributed by atoms with van der Waals surface area (Å²) in [5, 5.41) is 3.57. The summed E-state index contributed by atoms with van der Waals surface area (Å²) < 4.78 is 0. The van der Waals surface area contributed by atoms with E-state index in [1.165, 1.54) is 42.9 Å². The van der Waals surface area contributed by atoms with Gasteiger partial charge in [0.15, 0.2) is 5.82 Å². The van der Waals surface area contributed by atoms with Crippen molar-refractivity contribution in [2.75, 3.05) is 23.3 Å². The van der Waals surface area contributed by atoms with Crippen molar-refractivity contribution >= 4 is 11.5 Å². The molecule has 92 valence electrons. The van der Waals surface area contributed by atoms with Crippen molar-refractivity contribution in [3.05, 3.63) is 17.8 Å². The van der Waals surface area contributed by atoms with Gasteiger partial charge in [-0.25, -0.2) is 4.98 Å². The molecular formula is C14H21N3. The summed E-state index contributed by atoms with van der Waals surface area (Å²) in [7, 11) is 0. The number of fused-ring (bicyclic) bond motifs is 3. The standard InChI is InChI=1S/C14H21N3/c1-3-11-5-7-17-12(8-11)9-16-13-10(2)4-6-15-14(13)17/h4,6,11-12,16H,3,5,7-9H2,1-2H3. The molecule has 2 aliphatic heterocycles. The predicted molar refractivity (Wildman–Crippen MR) is 71.6 cm³/mol. The van der Waals surface area contributed by atoms with E-state index in [4.69, 9.17) is 0 Å². The van der Waals surface area contributed by atoms with E-state index in [1.807, 2.05) is 6.20 Å². The normalized spacial score (nSPS) is 27.1. The molecule has 0 radical (unpaired) electrons. The minimum Gasteiger partial charge on any atom is -0.380 e. The number of hydrogen-bond acceptors (Lipinski definition) is 3. The fraction of sp³-hybridized carbons (Fsp3) is 0.643. The van der Waals surface area contributed by atoms with Gasteiger partial charge >= 0.3 is 0 Å². The Labute approximate surface area is 103 Å². The second-order valence-corrected chi connectivity index (χ2v) is 5.35. The molecule has 0 aliphatic carbocycles. The summed E-state index contributed by atoms with van der Waals surface area (Å²) in [6.07, 6.45) is 5.89. The molecule has 0 amide bonds. The van der Waals surface area contributed by atoms with Crippen LogP contribution in [-0.2, 0) is 0 Å². The second-order valence-electron chi connectivity index (χ2n) is 5.35. The third kappa shape index (κ3) is 1.78. The molecular weight excluding hydrogens is 210 g/mol. The molecule has 1 fully saturated rings. The first kappa shape index (κ1) is 10.9. The van der Waals surface area contributed by atoms with Crippen molar-refractivity contribution in [1.29, 1.82) is 0 Å². The highest BCUT2D eigenvalue weighted by Crippen LogP contribution is 2.37. The van der Waals surface area contributed by atoms with E-state index in [9.17, 15) is 0 Å². The smallest absolute Gasteiger partial charge is 0.152 e. The summed E-state index contributed by atoms with van der Waals surface area (Å²) in [5.41, 5.74) is 2.56. The fourth-order valence-corrected chi connectivity index (χ4v) is 3.18. The number of nitrogens with zero attached hydrogens (tertiary/aromatic N) is 2. The van der Waals surface area contributed by atoms with Gasteiger partial charge in [0.1, 0.15) is 0 Å². The molecule has 1 saturated heterocycles. The van der Waals surface area contributed by atoms with E-state index in [-0.39, 0.29) is 0 Å². The van der Waals surface area contributed by atoms with Gasteiger partial charge in [-0.3, -0.25) is 0 Å². The van der Waals surface area contributed by atoms with E-state index < -0.39 is 0 Å². The van der Waals surface area contributed by atoms with Crippen molar-refractivity contribution in [1.82, 2.24) is 4.98 Å². The molecule has 2 unspecified atom stereocenters. The molecule has 3 nitrogen and oxygen atoms in total. The van der Waals surface area contributed by atoms with Crippen LogP contribution in [0.25, 0.3) is 0 Å². The van der Waals surface area contributed by atoms with Gasteiger partial charge in [-0.1, -0.05) is 13.3 Å². The van der Waals surface area contributed by atoms with Gasteiger partial charge < -0.3 is 10.2 Å². The predicted octanol–water partition coefficient (Wildman–Crippen LogP) is 2.81. The van der Waals surface area contributed by atoms with Gasteiger partial charge in [0.05, 0.1) is 5.69 Å². The van der Waals surface area contributed by atoms with Gasteiger partial charge in [-0.15, -0.1) is 0 Å². The molecule has 1 aromatic heterocycles. The molecule has 0 spiro atoms. The number of anilines is 2. The van der Waals surface area contributed by atoms with Crippen LogP contribution in [0.15, 0.2) is 12.3 Å².